The fourth-order valence-electron chi connectivity index (χ4n) is 1.30. The average molecular weight is 213 g/mol. The number of hydrogen-bond donors (Lipinski definition) is 1. The summed E-state index contributed by atoms with van der Waals surface area (Å²) in [5.74, 6) is 0. The van der Waals surface area contributed by atoms with Gasteiger partial charge in [0, 0.05) is 5.54 Å². The largest absolute Gasteiger partial charge is 0.325 e. The standard InChI is InChI=1S/C9H15F4N/c10-5-8(6-11,7(12)13)1-2-9(14)3-4-9/h7H,1-6,14H2. The number of hydrogen-bond acceptors (Lipinski definition) is 1. The molecule has 14 heavy (non-hydrogen) atoms. The predicted octanol–water partition coefficient (Wildman–Crippen LogP) is 2.45. The molecule has 0 heterocycles. The number of nitrogens with two attached hydrogens (primary N) is 1. The van der Waals surface area contributed by atoms with Crippen LogP contribution < -0.4 is 5.73 Å². The first kappa shape index (κ1) is 11.8. The highest BCUT2D eigenvalue weighted by Gasteiger charge is 2.45. The molecule has 0 radical (unpaired) electrons. The minimum Gasteiger partial charge on any atom is -0.325 e. The maximum absolute atomic E-state index is 12.4. The summed E-state index contributed by atoms with van der Waals surface area (Å²) >= 11 is 0. The molecule has 0 aromatic rings. The van der Waals surface area contributed by atoms with Crippen molar-refractivity contribution in [3.05, 3.63) is 0 Å². The third-order valence-electron chi connectivity index (χ3n) is 3.01. The number of halogens is 4. The quantitative estimate of drug-likeness (QED) is 0.674. The Bertz CT molecular complexity index is 187. The summed E-state index contributed by atoms with van der Waals surface area (Å²) < 4.78 is 49.7. The fourth-order valence-corrected chi connectivity index (χ4v) is 1.30. The van der Waals surface area contributed by atoms with Crippen molar-refractivity contribution in [2.24, 2.45) is 11.1 Å². The van der Waals surface area contributed by atoms with Crippen molar-refractivity contribution in [2.75, 3.05) is 13.3 Å². The van der Waals surface area contributed by atoms with E-state index in [1.807, 2.05) is 0 Å². The molecule has 0 bridgehead atoms. The van der Waals surface area contributed by atoms with Crippen LogP contribution in [0.3, 0.4) is 0 Å². The van der Waals surface area contributed by atoms with Gasteiger partial charge in [0.15, 0.2) is 0 Å². The van der Waals surface area contributed by atoms with Crippen LogP contribution in [-0.2, 0) is 0 Å². The Morgan fingerprint density at radius 1 is 1.21 bits per heavy atom. The molecular formula is C9H15F4N. The monoisotopic (exact) mass is 213 g/mol. The first-order valence-electron chi connectivity index (χ1n) is 4.67. The highest BCUT2D eigenvalue weighted by Crippen LogP contribution is 2.42. The third-order valence-corrected chi connectivity index (χ3v) is 3.01. The Balaban J connectivity index is 2.49. The Morgan fingerprint density at radius 2 is 1.71 bits per heavy atom. The molecule has 1 rings (SSSR count). The summed E-state index contributed by atoms with van der Waals surface area (Å²) in [5, 5.41) is 0. The summed E-state index contributed by atoms with van der Waals surface area (Å²) in [4.78, 5) is 0. The Kier molecular flexibility index (Phi) is 3.40. The van der Waals surface area contributed by atoms with Crippen molar-refractivity contribution in [1.29, 1.82) is 0 Å². The van der Waals surface area contributed by atoms with E-state index in [9.17, 15) is 17.6 Å². The van der Waals surface area contributed by atoms with Gasteiger partial charge in [-0.3, -0.25) is 8.78 Å². The second kappa shape index (κ2) is 4.04. The molecule has 0 aromatic carbocycles. The Hall–Kier alpha value is -0.320. The fraction of sp³-hybridized carbons (Fsp3) is 1.00. The molecule has 0 spiro atoms. The van der Waals surface area contributed by atoms with E-state index in [4.69, 9.17) is 5.73 Å². The van der Waals surface area contributed by atoms with Crippen LogP contribution in [0.25, 0.3) is 0 Å². The van der Waals surface area contributed by atoms with Gasteiger partial charge in [0.05, 0.1) is 5.41 Å². The summed E-state index contributed by atoms with van der Waals surface area (Å²) in [7, 11) is 0. The normalized spacial score (nSPS) is 20.1. The molecule has 0 unspecified atom stereocenters. The third kappa shape index (κ3) is 2.38. The van der Waals surface area contributed by atoms with E-state index in [0.29, 0.717) is 0 Å². The molecule has 0 amide bonds. The average Bonchev–Trinajstić information content (AvgIpc) is 2.86. The van der Waals surface area contributed by atoms with Gasteiger partial charge in [-0.1, -0.05) is 0 Å². The van der Waals surface area contributed by atoms with E-state index < -0.39 is 30.7 Å². The summed E-state index contributed by atoms with van der Waals surface area (Å²) in [5.41, 5.74) is 3.13. The van der Waals surface area contributed by atoms with Gasteiger partial charge in [-0.15, -0.1) is 0 Å². The molecule has 1 saturated carbocycles. The van der Waals surface area contributed by atoms with E-state index in [0.717, 1.165) is 12.8 Å². The highest BCUT2D eigenvalue weighted by atomic mass is 19.3. The summed E-state index contributed by atoms with van der Waals surface area (Å²) in [6.45, 7) is -2.64. The van der Waals surface area contributed by atoms with E-state index in [1.54, 1.807) is 0 Å². The van der Waals surface area contributed by atoms with Gasteiger partial charge in [0.1, 0.15) is 13.3 Å². The molecule has 1 fully saturated rings. The van der Waals surface area contributed by atoms with Crippen molar-refractivity contribution in [3.63, 3.8) is 0 Å². The maximum atomic E-state index is 12.4. The van der Waals surface area contributed by atoms with Crippen molar-refractivity contribution < 1.29 is 17.6 Å². The number of alkyl halides is 4. The van der Waals surface area contributed by atoms with Crippen LogP contribution >= 0.6 is 0 Å². The summed E-state index contributed by atoms with van der Waals surface area (Å²) in [6.07, 6.45) is -1.31. The summed E-state index contributed by atoms with van der Waals surface area (Å²) in [6, 6.07) is 0. The van der Waals surface area contributed by atoms with Gasteiger partial charge in [-0.25, -0.2) is 8.78 Å². The van der Waals surface area contributed by atoms with E-state index in [-0.39, 0.29) is 12.8 Å². The van der Waals surface area contributed by atoms with Crippen molar-refractivity contribution in [2.45, 2.75) is 37.6 Å². The van der Waals surface area contributed by atoms with Gasteiger partial charge in [-0.2, -0.15) is 0 Å². The van der Waals surface area contributed by atoms with Crippen LogP contribution in [0.1, 0.15) is 25.7 Å². The van der Waals surface area contributed by atoms with Crippen LogP contribution in [0.15, 0.2) is 0 Å². The molecular weight excluding hydrogens is 198 g/mol. The lowest BCUT2D eigenvalue weighted by Crippen LogP contribution is -2.37. The first-order valence-corrected chi connectivity index (χ1v) is 4.67. The molecule has 5 heteroatoms. The predicted molar refractivity (Wildman–Crippen MR) is 45.8 cm³/mol. The van der Waals surface area contributed by atoms with Crippen molar-refractivity contribution in [1.82, 2.24) is 0 Å². The molecule has 0 aliphatic heterocycles. The molecule has 1 aliphatic carbocycles. The smallest absolute Gasteiger partial charge is 0.249 e. The molecule has 1 nitrogen and oxygen atoms in total. The lowest BCUT2D eigenvalue weighted by atomic mass is 9.84. The van der Waals surface area contributed by atoms with Crippen LogP contribution in [0.2, 0.25) is 0 Å². The van der Waals surface area contributed by atoms with Gasteiger partial charge < -0.3 is 5.73 Å². The first-order chi connectivity index (χ1) is 6.48. The SMILES string of the molecule is NC1(CCC(CF)(CF)C(F)F)CC1. The van der Waals surface area contributed by atoms with Gasteiger partial charge in [0.25, 0.3) is 0 Å². The Morgan fingerprint density at radius 3 is 2.00 bits per heavy atom. The molecule has 0 atom stereocenters. The topological polar surface area (TPSA) is 26.0 Å². The minimum absolute atomic E-state index is 0.172. The molecule has 84 valence electrons. The minimum atomic E-state index is -2.96. The molecule has 2 N–H and O–H groups in total. The van der Waals surface area contributed by atoms with Gasteiger partial charge in [0.2, 0.25) is 6.43 Å². The van der Waals surface area contributed by atoms with Crippen LogP contribution in [0.4, 0.5) is 17.6 Å². The van der Waals surface area contributed by atoms with E-state index in [2.05, 4.69) is 0 Å². The van der Waals surface area contributed by atoms with Gasteiger partial charge in [-0.05, 0) is 25.7 Å². The molecule has 1 aliphatic rings. The van der Waals surface area contributed by atoms with E-state index in [1.165, 1.54) is 0 Å². The second-order valence-electron chi connectivity index (χ2n) is 4.29. The van der Waals surface area contributed by atoms with Crippen LogP contribution in [0.5, 0.6) is 0 Å². The molecule has 0 saturated heterocycles. The zero-order chi connectivity index (χ0) is 10.8. The Labute approximate surface area is 80.7 Å². The van der Waals surface area contributed by atoms with Gasteiger partial charge >= 0.3 is 0 Å². The zero-order valence-corrected chi connectivity index (χ0v) is 7.91. The van der Waals surface area contributed by atoms with Crippen LogP contribution in [-0.4, -0.2) is 25.3 Å². The lowest BCUT2D eigenvalue weighted by molar-refractivity contribution is -0.0451. The van der Waals surface area contributed by atoms with E-state index >= 15 is 0 Å². The highest BCUT2D eigenvalue weighted by molar-refractivity contribution is 5.00. The van der Waals surface area contributed by atoms with Crippen LogP contribution in [0, 0.1) is 5.41 Å². The van der Waals surface area contributed by atoms with Crippen molar-refractivity contribution in [3.8, 4) is 0 Å². The number of rotatable bonds is 6. The molecule has 0 aromatic heterocycles. The zero-order valence-electron chi connectivity index (χ0n) is 7.91. The maximum Gasteiger partial charge on any atom is 0.249 e. The second-order valence-corrected chi connectivity index (χ2v) is 4.29. The van der Waals surface area contributed by atoms with Crippen molar-refractivity contribution >= 4 is 0 Å². The lowest BCUT2D eigenvalue weighted by Gasteiger charge is -2.27.